The minimum absolute atomic E-state index is 0.229. The molecule has 3 atom stereocenters. The van der Waals surface area contributed by atoms with Gasteiger partial charge in [-0.05, 0) is 58.4 Å². The van der Waals surface area contributed by atoms with Crippen molar-refractivity contribution in [1.82, 2.24) is 4.90 Å². The van der Waals surface area contributed by atoms with Gasteiger partial charge in [-0.3, -0.25) is 4.79 Å². The van der Waals surface area contributed by atoms with E-state index < -0.39 is 0 Å². The zero-order chi connectivity index (χ0) is 16.5. The van der Waals surface area contributed by atoms with Gasteiger partial charge in [-0.2, -0.15) is 0 Å². The van der Waals surface area contributed by atoms with Gasteiger partial charge in [-0.1, -0.05) is 20.3 Å². The molecule has 0 bridgehead atoms. The minimum atomic E-state index is 0.229. The van der Waals surface area contributed by atoms with Crippen molar-refractivity contribution < 1.29 is 9.59 Å². The molecule has 1 aliphatic heterocycles. The highest BCUT2D eigenvalue weighted by Crippen LogP contribution is 2.29. The first-order chi connectivity index (χ1) is 10.4. The smallest absolute Gasteiger partial charge is 0.135 e. The molecule has 1 saturated heterocycles. The van der Waals surface area contributed by atoms with Gasteiger partial charge in [0.2, 0.25) is 0 Å². The number of hydrogen-bond donors (Lipinski definition) is 0. The molecule has 1 aliphatic rings. The molecule has 1 fully saturated rings. The van der Waals surface area contributed by atoms with Gasteiger partial charge in [0.05, 0.1) is 0 Å². The third-order valence-electron chi connectivity index (χ3n) is 5.00. The van der Waals surface area contributed by atoms with Crippen LogP contribution in [0, 0.1) is 11.8 Å². The third-order valence-corrected chi connectivity index (χ3v) is 5.00. The molecule has 3 heteroatoms. The highest BCUT2D eigenvalue weighted by Gasteiger charge is 2.30. The molecule has 0 N–H and O–H groups in total. The summed E-state index contributed by atoms with van der Waals surface area (Å²) in [6, 6.07) is 0.645. The fourth-order valence-electron chi connectivity index (χ4n) is 3.69. The summed E-state index contributed by atoms with van der Waals surface area (Å²) in [6.07, 6.45) is 8.10. The summed E-state index contributed by atoms with van der Waals surface area (Å²) in [5.41, 5.74) is 0. The van der Waals surface area contributed by atoms with E-state index in [9.17, 15) is 9.59 Å². The van der Waals surface area contributed by atoms with Crippen LogP contribution in [0.4, 0.5) is 0 Å². The van der Waals surface area contributed by atoms with Crippen molar-refractivity contribution in [2.45, 2.75) is 85.1 Å². The van der Waals surface area contributed by atoms with Crippen LogP contribution in [0.3, 0.4) is 0 Å². The van der Waals surface area contributed by atoms with Crippen LogP contribution >= 0.6 is 0 Å². The zero-order valence-electron chi connectivity index (χ0n) is 15.1. The molecule has 3 nitrogen and oxygen atoms in total. The number of rotatable bonds is 11. The van der Waals surface area contributed by atoms with E-state index in [4.69, 9.17) is 0 Å². The molecule has 0 aliphatic carbocycles. The molecule has 1 rings (SSSR count). The Morgan fingerprint density at radius 2 is 1.91 bits per heavy atom. The van der Waals surface area contributed by atoms with Crippen molar-refractivity contribution in [2.75, 3.05) is 13.1 Å². The second-order valence-corrected chi connectivity index (χ2v) is 7.31. The predicted octanol–water partition coefficient (Wildman–Crippen LogP) is 4.24. The fraction of sp³-hybridized carbons (Fsp3) is 0.895. The molecule has 128 valence electrons. The van der Waals surface area contributed by atoms with E-state index >= 15 is 0 Å². The highest BCUT2D eigenvalue weighted by atomic mass is 16.1. The van der Waals surface area contributed by atoms with Crippen LogP contribution in [0.15, 0.2) is 0 Å². The topological polar surface area (TPSA) is 37.4 Å². The Bertz CT molecular complexity index is 353. The maximum absolute atomic E-state index is 12.0. The Morgan fingerprint density at radius 3 is 2.55 bits per heavy atom. The second kappa shape index (κ2) is 10.1. The number of unbranched alkanes of at least 4 members (excludes halogenated alkanes) is 2. The van der Waals surface area contributed by atoms with Crippen molar-refractivity contribution in [2.24, 2.45) is 11.8 Å². The lowest BCUT2D eigenvalue weighted by Gasteiger charge is -2.21. The SMILES string of the molecule is CCCC(=O)C(C)CC1CC(C)N(CCCCCC(C)=O)C1. The summed E-state index contributed by atoms with van der Waals surface area (Å²) in [7, 11) is 0. The van der Waals surface area contributed by atoms with Gasteiger partial charge in [-0.15, -0.1) is 0 Å². The molecule has 3 unspecified atom stereocenters. The lowest BCUT2D eigenvalue weighted by molar-refractivity contribution is -0.123. The van der Waals surface area contributed by atoms with Gasteiger partial charge in [0.1, 0.15) is 11.6 Å². The van der Waals surface area contributed by atoms with Crippen molar-refractivity contribution in [3.63, 3.8) is 0 Å². The Labute approximate surface area is 136 Å². The zero-order valence-corrected chi connectivity index (χ0v) is 15.1. The number of carbonyl (C=O) groups excluding carboxylic acids is 2. The molecule has 0 spiro atoms. The maximum atomic E-state index is 12.0. The van der Waals surface area contributed by atoms with Crippen molar-refractivity contribution in [3.8, 4) is 0 Å². The summed E-state index contributed by atoms with van der Waals surface area (Å²) in [6.45, 7) is 10.5. The molecule has 1 heterocycles. The first kappa shape index (κ1) is 19.3. The summed E-state index contributed by atoms with van der Waals surface area (Å²) >= 11 is 0. The Hall–Kier alpha value is -0.700. The molecule has 22 heavy (non-hydrogen) atoms. The number of Topliss-reactive ketones (excluding diaryl/α,β-unsaturated/α-hetero) is 2. The molecule has 0 saturated carbocycles. The number of carbonyl (C=O) groups is 2. The van der Waals surface area contributed by atoms with E-state index in [0.29, 0.717) is 23.5 Å². The third kappa shape index (κ3) is 7.04. The molecule has 0 aromatic heterocycles. The number of nitrogens with zero attached hydrogens (tertiary/aromatic N) is 1. The largest absolute Gasteiger partial charge is 0.300 e. The first-order valence-electron chi connectivity index (χ1n) is 9.20. The van der Waals surface area contributed by atoms with Crippen molar-refractivity contribution >= 4 is 11.6 Å². The van der Waals surface area contributed by atoms with E-state index in [1.54, 1.807) is 6.92 Å². The van der Waals surface area contributed by atoms with Crippen LogP contribution in [0.1, 0.15) is 79.1 Å². The van der Waals surface area contributed by atoms with E-state index in [1.165, 1.54) is 12.8 Å². The van der Waals surface area contributed by atoms with Crippen LogP contribution in [0.5, 0.6) is 0 Å². The van der Waals surface area contributed by atoms with Gasteiger partial charge in [0, 0.05) is 31.3 Å². The van der Waals surface area contributed by atoms with Gasteiger partial charge >= 0.3 is 0 Å². The lowest BCUT2D eigenvalue weighted by atomic mass is 9.90. The molecule has 0 aromatic rings. The molecular weight excluding hydrogens is 274 g/mol. The summed E-state index contributed by atoms with van der Waals surface area (Å²) in [4.78, 5) is 25.5. The fourth-order valence-corrected chi connectivity index (χ4v) is 3.69. The molecule has 0 radical (unpaired) electrons. The number of hydrogen-bond acceptors (Lipinski definition) is 3. The summed E-state index contributed by atoms with van der Waals surface area (Å²) in [5.74, 6) is 1.66. The summed E-state index contributed by atoms with van der Waals surface area (Å²) < 4.78 is 0. The Kier molecular flexibility index (Phi) is 8.92. The number of ketones is 2. The van der Waals surface area contributed by atoms with Crippen LogP contribution < -0.4 is 0 Å². The summed E-state index contributed by atoms with van der Waals surface area (Å²) in [5, 5.41) is 0. The molecule has 0 amide bonds. The van der Waals surface area contributed by atoms with E-state index in [1.807, 2.05) is 0 Å². The van der Waals surface area contributed by atoms with Crippen LogP contribution in [-0.2, 0) is 9.59 Å². The number of likely N-dealkylation sites (tertiary alicyclic amines) is 1. The lowest BCUT2D eigenvalue weighted by Crippen LogP contribution is -2.28. The minimum Gasteiger partial charge on any atom is -0.300 e. The normalized spacial score (nSPS) is 23.6. The highest BCUT2D eigenvalue weighted by molar-refractivity contribution is 5.80. The Morgan fingerprint density at radius 1 is 1.18 bits per heavy atom. The standard InChI is InChI=1S/C19H35NO2/c1-5-9-19(22)15(2)12-18-13-16(3)20(14-18)11-8-6-7-10-17(4)21/h15-16,18H,5-14H2,1-4H3. The average molecular weight is 309 g/mol. The maximum Gasteiger partial charge on any atom is 0.135 e. The van der Waals surface area contributed by atoms with E-state index in [-0.39, 0.29) is 5.92 Å². The van der Waals surface area contributed by atoms with Gasteiger partial charge in [0.15, 0.2) is 0 Å². The van der Waals surface area contributed by atoms with E-state index in [0.717, 1.165) is 51.6 Å². The van der Waals surface area contributed by atoms with Crippen LogP contribution in [0.2, 0.25) is 0 Å². The Balaban J connectivity index is 2.23. The quantitative estimate of drug-likeness (QED) is 0.536. The monoisotopic (exact) mass is 309 g/mol. The van der Waals surface area contributed by atoms with Gasteiger partial charge in [0.25, 0.3) is 0 Å². The van der Waals surface area contributed by atoms with Crippen LogP contribution in [-0.4, -0.2) is 35.6 Å². The van der Waals surface area contributed by atoms with Gasteiger partial charge in [-0.25, -0.2) is 0 Å². The van der Waals surface area contributed by atoms with Crippen LogP contribution in [0.25, 0.3) is 0 Å². The molecular formula is C19H35NO2. The van der Waals surface area contributed by atoms with Crippen molar-refractivity contribution in [1.29, 1.82) is 0 Å². The second-order valence-electron chi connectivity index (χ2n) is 7.31. The van der Waals surface area contributed by atoms with Gasteiger partial charge < -0.3 is 9.69 Å². The first-order valence-corrected chi connectivity index (χ1v) is 9.20. The van der Waals surface area contributed by atoms with E-state index in [2.05, 4.69) is 25.7 Å². The average Bonchev–Trinajstić information content (AvgIpc) is 2.78. The van der Waals surface area contributed by atoms with Crippen molar-refractivity contribution in [3.05, 3.63) is 0 Å². The predicted molar refractivity (Wildman–Crippen MR) is 92.0 cm³/mol. The molecule has 0 aromatic carbocycles.